The largest absolute Gasteiger partial charge is 0.380 e. The Morgan fingerprint density at radius 1 is 1.40 bits per heavy atom. The molecule has 0 heterocycles. The number of benzene rings is 1. The van der Waals surface area contributed by atoms with Gasteiger partial charge in [0, 0.05) is 6.26 Å². The van der Waals surface area contributed by atoms with Gasteiger partial charge in [-0.1, -0.05) is 12.1 Å². The van der Waals surface area contributed by atoms with Crippen molar-refractivity contribution in [2.75, 3.05) is 6.26 Å². The summed E-state index contributed by atoms with van der Waals surface area (Å²) < 4.78 is 27.3. The summed E-state index contributed by atoms with van der Waals surface area (Å²) >= 11 is 2.53. The zero-order chi connectivity index (χ0) is 11.6. The van der Waals surface area contributed by atoms with Crippen molar-refractivity contribution >= 4 is 32.1 Å². The van der Waals surface area contributed by atoms with Gasteiger partial charge < -0.3 is 3.83 Å². The van der Waals surface area contributed by atoms with Crippen molar-refractivity contribution in [1.29, 1.82) is 0 Å². The molecule has 0 radical (unpaired) electrons. The second-order valence-corrected chi connectivity index (χ2v) is 5.36. The summed E-state index contributed by atoms with van der Waals surface area (Å²) in [5.74, 6) is -0.723. The Kier molecular flexibility index (Phi) is 3.51. The number of sulfone groups is 1. The van der Waals surface area contributed by atoms with Crippen LogP contribution >= 0.6 is 16.3 Å². The second-order valence-electron chi connectivity index (χ2n) is 3.09. The highest BCUT2D eigenvalue weighted by atomic mass is 79.9. The Morgan fingerprint density at radius 2 is 2.00 bits per heavy atom. The quantitative estimate of drug-likeness (QED) is 0.835. The molecule has 0 aliphatic rings. The van der Waals surface area contributed by atoms with Crippen LogP contribution in [0.4, 0.5) is 0 Å². The Balaban J connectivity index is 3.54. The molecule has 0 saturated heterocycles. The minimum atomic E-state index is -3.44. The molecular weight excluding hydrogens is 284 g/mol. The molecule has 1 rings (SSSR count). The van der Waals surface area contributed by atoms with Crippen LogP contribution in [0.25, 0.3) is 0 Å². The lowest BCUT2D eigenvalue weighted by molar-refractivity contribution is 0.0778. The number of hydrogen-bond donors (Lipinski definition) is 0. The van der Waals surface area contributed by atoms with Gasteiger partial charge in [0.1, 0.15) is 0 Å². The van der Waals surface area contributed by atoms with E-state index in [4.69, 9.17) is 0 Å². The van der Waals surface area contributed by atoms with Crippen LogP contribution in [-0.4, -0.2) is 20.6 Å². The number of aryl methyl sites for hydroxylation is 1. The van der Waals surface area contributed by atoms with E-state index >= 15 is 0 Å². The van der Waals surface area contributed by atoms with Crippen LogP contribution in [0.5, 0.6) is 0 Å². The fourth-order valence-corrected chi connectivity index (χ4v) is 2.73. The molecule has 0 atom stereocenters. The van der Waals surface area contributed by atoms with Gasteiger partial charge >= 0.3 is 5.97 Å². The van der Waals surface area contributed by atoms with Crippen LogP contribution < -0.4 is 0 Å². The minimum Gasteiger partial charge on any atom is -0.380 e. The Bertz CT molecular complexity index is 493. The van der Waals surface area contributed by atoms with Crippen LogP contribution in [0.3, 0.4) is 0 Å². The topological polar surface area (TPSA) is 60.4 Å². The monoisotopic (exact) mass is 292 g/mol. The normalized spacial score (nSPS) is 11.1. The Labute approximate surface area is 96.6 Å². The lowest BCUT2D eigenvalue weighted by Crippen LogP contribution is -2.09. The van der Waals surface area contributed by atoms with E-state index < -0.39 is 15.8 Å². The standard InChI is InChI=1S/C9H9BrO4S/c1-6-4-3-5-7(9(11)14-10)8(6)15(2,12)13/h3-5H,1-2H3. The van der Waals surface area contributed by atoms with E-state index in [2.05, 4.69) is 20.1 Å². The second kappa shape index (κ2) is 4.32. The van der Waals surface area contributed by atoms with Gasteiger partial charge in [-0.3, -0.25) is 0 Å². The van der Waals surface area contributed by atoms with E-state index in [-0.39, 0.29) is 10.5 Å². The maximum Gasteiger partial charge on any atom is 0.350 e. The van der Waals surface area contributed by atoms with E-state index in [9.17, 15) is 13.2 Å². The Hall–Kier alpha value is -0.880. The van der Waals surface area contributed by atoms with Gasteiger partial charge in [0.15, 0.2) is 26.1 Å². The Morgan fingerprint density at radius 3 is 2.47 bits per heavy atom. The van der Waals surface area contributed by atoms with Crippen LogP contribution in [0.1, 0.15) is 15.9 Å². The third kappa shape index (κ3) is 2.57. The molecule has 0 aliphatic heterocycles. The summed E-state index contributed by atoms with van der Waals surface area (Å²) in [5, 5.41) is 0. The van der Waals surface area contributed by atoms with Crippen molar-refractivity contribution in [1.82, 2.24) is 0 Å². The van der Waals surface area contributed by atoms with E-state index in [0.717, 1.165) is 6.26 Å². The molecule has 0 saturated carbocycles. The van der Waals surface area contributed by atoms with Gasteiger partial charge in [0.2, 0.25) is 0 Å². The first kappa shape index (κ1) is 12.2. The van der Waals surface area contributed by atoms with Crippen LogP contribution in [0.15, 0.2) is 23.1 Å². The summed E-state index contributed by atoms with van der Waals surface area (Å²) in [6.45, 7) is 1.63. The molecule has 15 heavy (non-hydrogen) atoms. The van der Waals surface area contributed by atoms with Crippen LogP contribution in [0, 0.1) is 6.92 Å². The maximum atomic E-state index is 11.5. The number of halogens is 1. The molecule has 0 fully saturated rings. The average molecular weight is 293 g/mol. The molecule has 0 aromatic heterocycles. The molecule has 0 unspecified atom stereocenters. The van der Waals surface area contributed by atoms with Crippen molar-refractivity contribution in [3.05, 3.63) is 29.3 Å². The summed E-state index contributed by atoms with van der Waals surface area (Å²) in [6.07, 6.45) is 1.06. The van der Waals surface area contributed by atoms with Crippen molar-refractivity contribution < 1.29 is 17.0 Å². The molecule has 0 spiro atoms. The molecule has 6 heteroatoms. The number of carbonyl (C=O) groups is 1. The van der Waals surface area contributed by atoms with Crippen molar-refractivity contribution in [2.45, 2.75) is 11.8 Å². The molecule has 0 N–H and O–H groups in total. The van der Waals surface area contributed by atoms with Gasteiger partial charge in [-0.15, -0.1) is 0 Å². The highest BCUT2D eigenvalue weighted by molar-refractivity contribution is 9.06. The van der Waals surface area contributed by atoms with Gasteiger partial charge in [0.05, 0.1) is 10.5 Å². The third-order valence-corrected chi connectivity index (χ3v) is 3.45. The van der Waals surface area contributed by atoms with Crippen molar-refractivity contribution in [2.24, 2.45) is 0 Å². The van der Waals surface area contributed by atoms with Crippen LogP contribution in [0.2, 0.25) is 0 Å². The molecule has 1 aromatic rings. The SMILES string of the molecule is Cc1cccc(C(=O)OBr)c1S(C)(=O)=O. The van der Waals surface area contributed by atoms with Crippen molar-refractivity contribution in [3.8, 4) is 0 Å². The highest BCUT2D eigenvalue weighted by Crippen LogP contribution is 2.21. The summed E-state index contributed by atoms with van der Waals surface area (Å²) in [5.41, 5.74) is 0.558. The third-order valence-electron chi connectivity index (χ3n) is 1.87. The van der Waals surface area contributed by atoms with Gasteiger partial charge in [0.25, 0.3) is 0 Å². The number of hydrogen-bond acceptors (Lipinski definition) is 4. The lowest BCUT2D eigenvalue weighted by atomic mass is 10.1. The average Bonchev–Trinajstić information content (AvgIpc) is 2.14. The number of carbonyl (C=O) groups excluding carboxylic acids is 1. The first-order valence-electron chi connectivity index (χ1n) is 4.00. The molecule has 4 nitrogen and oxygen atoms in total. The molecular formula is C9H9BrO4S. The predicted molar refractivity (Wildman–Crippen MR) is 58.6 cm³/mol. The highest BCUT2D eigenvalue weighted by Gasteiger charge is 2.21. The molecule has 82 valence electrons. The van der Waals surface area contributed by atoms with Crippen molar-refractivity contribution in [3.63, 3.8) is 0 Å². The first-order valence-corrected chi connectivity index (χ1v) is 6.54. The molecule has 1 aromatic carbocycles. The first-order chi connectivity index (χ1) is 6.88. The minimum absolute atomic E-state index is 0.00875. The van der Waals surface area contributed by atoms with E-state index in [1.54, 1.807) is 19.1 Å². The predicted octanol–water partition coefficient (Wildman–Crippen LogP) is 1.87. The number of rotatable bonds is 2. The van der Waals surface area contributed by atoms with Gasteiger partial charge in [-0.25, -0.2) is 13.2 Å². The maximum absolute atomic E-state index is 11.5. The molecule has 0 bridgehead atoms. The van der Waals surface area contributed by atoms with E-state index in [1.165, 1.54) is 6.07 Å². The smallest absolute Gasteiger partial charge is 0.350 e. The van der Waals surface area contributed by atoms with Crippen LogP contribution in [-0.2, 0) is 13.7 Å². The lowest BCUT2D eigenvalue weighted by Gasteiger charge is -2.07. The summed E-state index contributed by atoms with van der Waals surface area (Å²) in [4.78, 5) is 11.3. The van der Waals surface area contributed by atoms with Gasteiger partial charge in [-0.05, 0) is 18.6 Å². The fraction of sp³-hybridized carbons (Fsp3) is 0.222. The van der Waals surface area contributed by atoms with Gasteiger partial charge in [-0.2, -0.15) is 0 Å². The molecule has 0 aliphatic carbocycles. The fourth-order valence-electron chi connectivity index (χ4n) is 1.35. The van der Waals surface area contributed by atoms with E-state index in [0.29, 0.717) is 5.56 Å². The summed E-state index contributed by atoms with van der Waals surface area (Å²) in [7, 11) is -3.44. The summed E-state index contributed by atoms with van der Waals surface area (Å²) in [6, 6.07) is 4.64. The zero-order valence-electron chi connectivity index (χ0n) is 8.15. The molecule has 0 amide bonds. The zero-order valence-corrected chi connectivity index (χ0v) is 10.6. The van der Waals surface area contributed by atoms with E-state index in [1.807, 2.05) is 0 Å².